The smallest absolute Gasteiger partial charge is 0.133 e. The van der Waals surface area contributed by atoms with E-state index >= 15 is 0 Å². The summed E-state index contributed by atoms with van der Waals surface area (Å²) in [6.45, 7) is 6.13. The molecule has 1 N–H and O–H groups in total. The molecular weight excluding hydrogens is 246 g/mol. The molecule has 1 heterocycles. The van der Waals surface area contributed by atoms with Gasteiger partial charge < -0.3 is 10.2 Å². The van der Waals surface area contributed by atoms with Crippen molar-refractivity contribution in [3.63, 3.8) is 0 Å². The Morgan fingerprint density at radius 1 is 1.15 bits per heavy atom. The molecule has 0 radical (unpaired) electrons. The molecule has 1 aromatic carbocycles. The predicted molar refractivity (Wildman–Crippen MR) is 85.5 cm³/mol. The van der Waals surface area contributed by atoms with Crippen LogP contribution in [0.3, 0.4) is 0 Å². The number of pyridine rings is 1. The van der Waals surface area contributed by atoms with Crippen molar-refractivity contribution in [2.24, 2.45) is 0 Å². The van der Waals surface area contributed by atoms with Crippen molar-refractivity contribution in [2.75, 3.05) is 18.5 Å². The Bertz CT molecular complexity index is 551. The summed E-state index contributed by atoms with van der Waals surface area (Å²) < 4.78 is 0. The van der Waals surface area contributed by atoms with Crippen molar-refractivity contribution in [2.45, 2.75) is 26.8 Å². The van der Waals surface area contributed by atoms with E-state index < -0.39 is 0 Å². The lowest BCUT2D eigenvalue weighted by molar-refractivity contribution is 0.664. The number of rotatable bonds is 6. The minimum absolute atomic E-state index is 0.823. The average molecular weight is 269 g/mol. The number of anilines is 2. The number of nitrogens with one attached hydrogen (secondary N) is 1. The second-order valence-corrected chi connectivity index (χ2v) is 5.06. The largest absolute Gasteiger partial charge is 0.329 e. The molecule has 0 aliphatic carbocycles. The molecule has 0 fully saturated rings. The molecule has 0 atom stereocenters. The van der Waals surface area contributed by atoms with E-state index in [1.807, 2.05) is 6.07 Å². The van der Waals surface area contributed by atoms with Crippen molar-refractivity contribution in [1.29, 1.82) is 0 Å². The molecule has 2 rings (SSSR count). The number of hydrogen-bond acceptors (Lipinski definition) is 3. The highest BCUT2D eigenvalue weighted by molar-refractivity contribution is 5.59. The second-order valence-electron chi connectivity index (χ2n) is 5.06. The summed E-state index contributed by atoms with van der Waals surface area (Å²) in [5.41, 5.74) is 3.50. The quantitative estimate of drug-likeness (QED) is 0.811. The van der Waals surface area contributed by atoms with Crippen LogP contribution in [0.15, 0.2) is 42.5 Å². The molecule has 1 aromatic heterocycles. The molecule has 3 heteroatoms. The Balaban J connectivity index is 2.13. The minimum atomic E-state index is 0.823. The molecule has 0 saturated carbocycles. The maximum Gasteiger partial charge on any atom is 0.133 e. The van der Waals surface area contributed by atoms with Gasteiger partial charge in [-0.05, 0) is 49.7 Å². The Labute approximate surface area is 121 Å². The lowest BCUT2D eigenvalue weighted by Gasteiger charge is -2.19. The van der Waals surface area contributed by atoms with Crippen molar-refractivity contribution in [3.05, 3.63) is 53.7 Å². The fraction of sp³-hybridized carbons (Fsp3) is 0.353. The summed E-state index contributed by atoms with van der Waals surface area (Å²) in [7, 11) is 2.06. The van der Waals surface area contributed by atoms with Gasteiger partial charge >= 0.3 is 0 Å². The number of aromatic nitrogens is 1. The number of benzene rings is 1. The van der Waals surface area contributed by atoms with Crippen molar-refractivity contribution < 1.29 is 0 Å². The van der Waals surface area contributed by atoms with Gasteiger partial charge in [0.25, 0.3) is 0 Å². The molecule has 0 saturated heterocycles. The molecule has 0 aliphatic rings. The van der Waals surface area contributed by atoms with Gasteiger partial charge in [-0.3, -0.25) is 0 Å². The topological polar surface area (TPSA) is 28.2 Å². The van der Waals surface area contributed by atoms with E-state index in [0.29, 0.717) is 0 Å². The number of hydrogen-bond donors (Lipinski definition) is 1. The van der Waals surface area contributed by atoms with Gasteiger partial charge in [-0.2, -0.15) is 0 Å². The summed E-state index contributed by atoms with van der Waals surface area (Å²) >= 11 is 0. The standard InChI is InChI=1S/C17H23N3/c1-4-11-18-13-15-8-6-10-17(19-15)20(3)16-9-5-7-14(2)12-16/h5-10,12,18H,4,11,13H2,1-3H3. The van der Waals surface area contributed by atoms with E-state index in [0.717, 1.165) is 36.7 Å². The summed E-state index contributed by atoms with van der Waals surface area (Å²) in [6, 6.07) is 14.6. The Morgan fingerprint density at radius 3 is 2.70 bits per heavy atom. The maximum absolute atomic E-state index is 4.71. The Kier molecular flexibility index (Phi) is 5.13. The summed E-state index contributed by atoms with van der Waals surface area (Å²) in [5.74, 6) is 0.978. The first kappa shape index (κ1) is 14.5. The van der Waals surface area contributed by atoms with Crippen LogP contribution >= 0.6 is 0 Å². The van der Waals surface area contributed by atoms with Gasteiger partial charge in [-0.15, -0.1) is 0 Å². The molecule has 0 aliphatic heterocycles. The van der Waals surface area contributed by atoms with Crippen molar-refractivity contribution in [1.82, 2.24) is 10.3 Å². The van der Waals surface area contributed by atoms with Crippen LogP contribution in [0.1, 0.15) is 24.6 Å². The molecule has 0 unspecified atom stereocenters. The van der Waals surface area contributed by atoms with E-state index in [4.69, 9.17) is 4.98 Å². The normalized spacial score (nSPS) is 10.6. The van der Waals surface area contributed by atoms with E-state index in [9.17, 15) is 0 Å². The number of aryl methyl sites for hydroxylation is 1. The maximum atomic E-state index is 4.71. The minimum Gasteiger partial charge on any atom is -0.329 e. The molecule has 106 valence electrons. The van der Waals surface area contributed by atoms with Gasteiger partial charge in [0, 0.05) is 19.3 Å². The lowest BCUT2D eigenvalue weighted by atomic mass is 10.2. The molecule has 3 nitrogen and oxygen atoms in total. The molecule has 2 aromatic rings. The van der Waals surface area contributed by atoms with E-state index in [-0.39, 0.29) is 0 Å². The van der Waals surface area contributed by atoms with Crippen LogP contribution in [0.5, 0.6) is 0 Å². The molecule has 0 bridgehead atoms. The average Bonchev–Trinajstić information content (AvgIpc) is 2.47. The fourth-order valence-electron chi connectivity index (χ4n) is 2.11. The van der Waals surface area contributed by atoms with E-state index in [2.05, 4.69) is 67.5 Å². The summed E-state index contributed by atoms with van der Waals surface area (Å²) in [6.07, 6.45) is 1.14. The van der Waals surface area contributed by atoms with Crippen LogP contribution in [-0.2, 0) is 6.54 Å². The monoisotopic (exact) mass is 269 g/mol. The van der Waals surface area contributed by atoms with Crippen LogP contribution in [0, 0.1) is 6.92 Å². The molecule has 20 heavy (non-hydrogen) atoms. The zero-order chi connectivity index (χ0) is 14.4. The molecule has 0 amide bonds. The SMILES string of the molecule is CCCNCc1cccc(N(C)c2cccc(C)c2)n1. The highest BCUT2D eigenvalue weighted by Gasteiger charge is 2.06. The zero-order valence-electron chi connectivity index (χ0n) is 12.6. The molecule has 0 spiro atoms. The fourth-order valence-corrected chi connectivity index (χ4v) is 2.11. The van der Waals surface area contributed by atoms with Gasteiger partial charge in [0.1, 0.15) is 5.82 Å². The van der Waals surface area contributed by atoms with Gasteiger partial charge in [0.2, 0.25) is 0 Å². The third-order valence-corrected chi connectivity index (χ3v) is 3.26. The van der Waals surface area contributed by atoms with Crippen LogP contribution in [0.2, 0.25) is 0 Å². The van der Waals surface area contributed by atoms with Crippen molar-refractivity contribution in [3.8, 4) is 0 Å². The third-order valence-electron chi connectivity index (χ3n) is 3.26. The highest BCUT2D eigenvalue weighted by atomic mass is 15.2. The van der Waals surface area contributed by atoms with Crippen LogP contribution in [0.4, 0.5) is 11.5 Å². The zero-order valence-corrected chi connectivity index (χ0v) is 12.6. The van der Waals surface area contributed by atoms with Gasteiger partial charge in [0.05, 0.1) is 5.69 Å². The highest BCUT2D eigenvalue weighted by Crippen LogP contribution is 2.22. The van der Waals surface area contributed by atoms with Gasteiger partial charge in [-0.25, -0.2) is 4.98 Å². The van der Waals surface area contributed by atoms with Crippen LogP contribution in [-0.4, -0.2) is 18.6 Å². The Morgan fingerprint density at radius 2 is 1.95 bits per heavy atom. The van der Waals surface area contributed by atoms with Gasteiger partial charge in [0.15, 0.2) is 0 Å². The second kappa shape index (κ2) is 7.06. The third kappa shape index (κ3) is 3.81. The lowest BCUT2D eigenvalue weighted by Crippen LogP contribution is -2.17. The molecular formula is C17H23N3. The first-order chi connectivity index (χ1) is 9.70. The Hall–Kier alpha value is -1.87. The first-order valence-electron chi connectivity index (χ1n) is 7.17. The predicted octanol–water partition coefficient (Wildman–Crippen LogP) is 3.66. The van der Waals surface area contributed by atoms with Crippen molar-refractivity contribution >= 4 is 11.5 Å². The number of nitrogens with zero attached hydrogens (tertiary/aromatic N) is 2. The van der Waals surface area contributed by atoms with Crippen LogP contribution in [0.25, 0.3) is 0 Å². The summed E-state index contributed by atoms with van der Waals surface area (Å²) in [4.78, 5) is 6.84. The van der Waals surface area contributed by atoms with Gasteiger partial charge in [-0.1, -0.05) is 25.1 Å². The first-order valence-corrected chi connectivity index (χ1v) is 7.17. The van der Waals surface area contributed by atoms with Crippen LogP contribution < -0.4 is 10.2 Å². The van der Waals surface area contributed by atoms with E-state index in [1.54, 1.807) is 0 Å². The van der Waals surface area contributed by atoms with E-state index in [1.165, 1.54) is 5.56 Å². The summed E-state index contributed by atoms with van der Waals surface area (Å²) in [5, 5.41) is 3.39.